The molecule has 3 aromatic rings. The summed E-state index contributed by atoms with van der Waals surface area (Å²) in [6.07, 6.45) is 9.21. The largest absolute Gasteiger partial charge is 0.465 e. The molecule has 7 nitrogen and oxygen atoms in total. The van der Waals surface area contributed by atoms with Crippen LogP contribution < -0.4 is 5.32 Å². The van der Waals surface area contributed by atoms with E-state index >= 15 is 0 Å². The highest BCUT2D eigenvalue weighted by Gasteiger charge is 2.51. The van der Waals surface area contributed by atoms with Crippen LogP contribution in [0, 0.1) is 29.0 Å². The van der Waals surface area contributed by atoms with Crippen LogP contribution >= 0.6 is 23.1 Å². The number of anilines is 1. The molecule has 0 unspecified atom stereocenters. The van der Waals surface area contributed by atoms with E-state index in [1.165, 1.54) is 80.9 Å². The summed E-state index contributed by atoms with van der Waals surface area (Å²) in [6.45, 7) is 2.86. The molecule has 0 saturated heterocycles. The SMILES string of the molecule is CCn1c(CC23CC4CC(CC(C4)C2)C3)nnc1SCC(=O)Nc1scc(-c2ccc(F)cc2)c1C(=O)OC. The van der Waals surface area contributed by atoms with Crippen molar-refractivity contribution in [2.24, 2.45) is 23.2 Å². The van der Waals surface area contributed by atoms with Gasteiger partial charge in [-0.15, -0.1) is 21.5 Å². The minimum absolute atomic E-state index is 0.139. The van der Waals surface area contributed by atoms with Gasteiger partial charge >= 0.3 is 5.97 Å². The van der Waals surface area contributed by atoms with Crippen molar-refractivity contribution in [1.29, 1.82) is 0 Å². The Morgan fingerprint density at radius 3 is 2.41 bits per heavy atom. The molecule has 0 spiro atoms. The van der Waals surface area contributed by atoms with Crippen molar-refractivity contribution in [1.82, 2.24) is 14.8 Å². The summed E-state index contributed by atoms with van der Waals surface area (Å²) >= 11 is 2.60. The second-order valence-corrected chi connectivity index (χ2v) is 13.2. The molecule has 1 N–H and O–H groups in total. The van der Waals surface area contributed by atoms with Crippen molar-refractivity contribution in [3.8, 4) is 11.1 Å². The van der Waals surface area contributed by atoms with E-state index in [0.717, 1.165) is 41.7 Å². The molecule has 4 aliphatic rings. The number of methoxy groups -OCH3 is 1. The molecule has 0 atom stereocenters. The number of esters is 1. The Morgan fingerprint density at radius 2 is 1.79 bits per heavy atom. The third-order valence-corrected chi connectivity index (χ3v) is 10.6. The van der Waals surface area contributed by atoms with E-state index in [0.29, 0.717) is 21.5 Å². The first-order chi connectivity index (χ1) is 18.9. The van der Waals surface area contributed by atoms with Crippen molar-refractivity contribution >= 4 is 40.0 Å². The van der Waals surface area contributed by atoms with Gasteiger partial charge in [-0.05, 0) is 86.3 Å². The zero-order valence-electron chi connectivity index (χ0n) is 22.2. The van der Waals surface area contributed by atoms with E-state index in [2.05, 4.69) is 27.0 Å². The number of aromatic nitrogens is 3. The summed E-state index contributed by atoms with van der Waals surface area (Å²) in [6, 6.07) is 5.88. The lowest BCUT2D eigenvalue weighted by molar-refractivity contribution is -0.113. The molecule has 0 radical (unpaired) electrons. The highest BCUT2D eigenvalue weighted by Crippen LogP contribution is 2.61. The average molecular weight is 569 g/mol. The lowest BCUT2D eigenvalue weighted by Gasteiger charge is -2.56. The smallest absolute Gasteiger partial charge is 0.341 e. The van der Waals surface area contributed by atoms with Crippen LogP contribution in [0.25, 0.3) is 11.1 Å². The van der Waals surface area contributed by atoms with Crippen LogP contribution in [0.15, 0.2) is 34.8 Å². The Kier molecular flexibility index (Phi) is 7.26. The average Bonchev–Trinajstić information content (AvgIpc) is 3.49. The number of amides is 1. The molecule has 2 heterocycles. The number of carbonyl (C=O) groups excluding carboxylic acids is 2. The minimum Gasteiger partial charge on any atom is -0.465 e. The third kappa shape index (κ3) is 5.25. The number of hydrogen-bond acceptors (Lipinski definition) is 7. The fourth-order valence-corrected chi connectivity index (χ4v) is 9.40. The maximum absolute atomic E-state index is 13.4. The number of ether oxygens (including phenoxy) is 1. The fraction of sp³-hybridized carbons (Fsp3) is 0.517. The maximum Gasteiger partial charge on any atom is 0.341 e. The van der Waals surface area contributed by atoms with Crippen LogP contribution in [0.4, 0.5) is 9.39 Å². The second kappa shape index (κ2) is 10.7. The van der Waals surface area contributed by atoms with Gasteiger partial charge in [0.1, 0.15) is 22.2 Å². The standard InChI is InChI=1S/C29H33FN4O3S2/c1-3-34-23(14-29-11-17-8-18(12-29)10-19(9-17)13-29)32-33-28(34)39-16-24(35)31-26-25(27(36)37-2)22(15-38-26)20-4-6-21(30)7-5-20/h4-7,15,17-19H,3,8-14,16H2,1-2H3,(H,31,35). The van der Waals surface area contributed by atoms with Gasteiger partial charge in [-0.2, -0.15) is 0 Å². The Bertz CT molecular complexity index is 1350. The van der Waals surface area contributed by atoms with Crippen LogP contribution in [0.5, 0.6) is 0 Å². The van der Waals surface area contributed by atoms with E-state index in [-0.39, 0.29) is 23.0 Å². The van der Waals surface area contributed by atoms with Crippen LogP contribution in [0.2, 0.25) is 0 Å². The Hall–Kier alpha value is -2.72. The lowest BCUT2D eigenvalue weighted by atomic mass is 9.49. The summed E-state index contributed by atoms with van der Waals surface area (Å²) in [5.74, 6) is 2.69. The van der Waals surface area contributed by atoms with Gasteiger partial charge in [-0.25, -0.2) is 9.18 Å². The van der Waals surface area contributed by atoms with Crippen LogP contribution in [0.3, 0.4) is 0 Å². The Morgan fingerprint density at radius 1 is 1.13 bits per heavy atom. The van der Waals surface area contributed by atoms with Gasteiger partial charge in [-0.3, -0.25) is 4.79 Å². The zero-order chi connectivity index (χ0) is 27.1. The van der Waals surface area contributed by atoms with Gasteiger partial charge in [0.05, 0.1) is 12.9 Å². The molecule has 4 saturated carbocycles. The number of halogens is 1. The summed E-state index contributed by atoms with van der Waals surface area (Å²) in [4.78, 5) is 25.6. The summed E-state index contributed by atoms with van der Waals surface area (Å²) in [5.41, 5.74) is 1.90. The first-order valence-electron chi connectivity index (χ1n) is 13.7. The number of hydrogen-bond donors (Lipinski definition) is 1. The van der Waals surface area contributed by atoms with Crippen molar-refractivity contribution < 1.29 is 18.7 Å². The molecule has 10 heteroatoms. The summed E-state index contributed by atoms with van der Waals surface area (Å²) < 4.78 is 20.6. The van der Waals surface area contributed by atoms with Gasteiger partial charge in [0.15, 0.2) is 5.16 Å². The third-order valence-electron chi connectivity index (χ3n) is 8.73. The lowest BCUT2D eigenvalue weighted by Crippen LogP contribution is -2.47. The van der Waals surface area contributed by atoms with Crippen LogP contribution in [0.1, 0.15) is 61.6 Å². The molecule has 7 rings (SSSR count). The first-order valence-corrected chi connectivity index (χ1v) is 15.5. The predicted octanol–water partition coefficient (Wildman–Crippen LogP) is 6.44. The number of nitrogens with one attached hydrogen (secondary N) is 1. The molecular weight excluding hydrogens is 535 g/mol. The zero-order valence-corrected chi connectivity index (χ0v) is 23.9. The Balaban J connectivity index is 1.13. The molecular formula is C29H33FN4O3S2. The molecule has 4 fully saturated rings. The van der Waals surface area contributed by atoms with Gasteiger partial charge in [-0.1, -0.05) is 23.9 Å². The molecule has 2 aromatic heterocycles. The number of benzene rings is 1. The number of rotatable bonds is 9. The summed E-state index contributed by atoms with van der Waals surface area (Å²) in [5, 5.41) is 14.9. The number of thiophene rings is 1. The fourth-order valence-electron chi connectivity index (χ4n) is 7.61. The number of carbonyl (C=O) groups is 2. The van der Waals surface area contributed by atoms with E-state index < -0.39 is 5.97 Å². The summed E-state index contributed by atoms with van der Waals surface area (Å²) in [7, 11) is 1.30. The van der Waals surface area contributed by atoms with Gasteiger partial charge in [0.25, 0.3) is 0 Å². The number of thioether (sulfide) groups is 1. The molecule has 39 heavy (non-hydrogen) atoms. The molecule has 4 aliphatic carbocycles. The van der Waals surface area contributed by atoms with Crippen molar-refractivity contribution in [3.63, 3.8) is 0 Å². The first kappa shape index (κ1) is 26.5. The van der Waals surface area contributed by atoms with Crippen molar-refractivity contribution in [3.05, 3.63) is 46.9 Å². The van der Waals surface area contributed by atoms with Crippen LogP contribution in [-0.2, 0) is 22.5 Å². The molecule has 4 bridgehead atoms. The van der Waals surface area contributed by atoms with E-state index in [4.69, 9.17) is 4.74 Å². The van der Waals surface area contributed by atoms with E-state index in [1.807, 2.05) is 0 Å². The highest BCUT2D eigenvalue weighted by molar-refractivity contribution is 7.99. The Labute approximate surface area is 235 Å². The highest BCUT2D eigenvalue weighted by atomic mass is 32.2. The monoisotopic (exact) mass is 568 g/mol. The van der Waals surface area contributed by atoms with E-state index in [9.17, 15) is 14.0 Å². The quantitative estimate of drug-likeness (QED) is 0.236. The molecule has 206 valence electrons. The minimum atomic E-state index is -0.557. The van der Waals surface area contributed by atoms with Gasteiger partial charge in [0.2, 0.25) is 5.91 Å². The number of nitrogens with zero attached hydrogens (tertiary/aromatic N) is 3. The second-order valence-electron chi connectivity index (χ2n) is 11.4. The van der Waals surface area contributed by atoms with E-state index in [1.54, 1.807) is 17.5 Å². The molecule has 0 aliphatic heterocycles. The van der Waals surface area contributed by atoms with Crippen LogP contribution in [-0.4, -0.2) is 39.5 Å². The van der Waals surface area contributed by atoms with Crippen molar-refractivity contribution in [2.45, 2.75) is 63.6 Å². The predicted molar refractivity (Wildman–Crippen MR) is 150 cm³/mol. The topological polar surface area (TPSA) is 86.1 Å². The molecule has 1 aromatic carbocycles. The molecule has 1 amide bonds. The van der Waals surface area contributed by atoms with Crippen molar-refractivity contribution in [2.75, 3.05) is 18.2 Å². The normalized spacial score (nSPS) is 25.2. The van der Waals surface area contributed by atoms with Gasteiger partial charge in [0, 0.05) is 23.9 Å². The maximum atomic E-state index is 13.4. The van der Waals surface area contributed by atoms with Gasteiger partial charge < -0.3 is 14.6 Å².